The molecule has 1 heterocycles. The van der Waals surface area contributed by atoms with Crippen molar-refractivity contribution in [1.82, 2.24) is 10.2 Å². The summed E-state index contributed by atoms with van der Waals surface area (Å²) in [6.07, 6.45) is -4.64. The zero-order chi connectivity index (χ0) is 15.3. The molecule has 1 amide bonds. The summed E-state index contributed by atoms with van der Waals surface area (Å²) in [6.45, 7) is -0.0105. The third-order valence-corrected chi connectivity index (χ3v) is 2.87. The molecule has 0 aromatic heterocycles. The molecule has 2 atom stereocenters. The number of alkyl halides is 3. The molecular formula is C11H17F3N2O4. The average Bonchev–Trinajstić information content (AvgIpc) is 2.73. The molecule has 0 saturated carbocycles. The van der Waals surface area contributed by atoms with Crippen LogP contribution in [0.25, 0.3) is 0 Å². The van der Waals surface area contributed by atoms with Gasteiger partial charge in [0.2, 0.25) is 5.91 Å². The number of ether oxygens (including phenoxy) is 1. The van der Waals surface area contributed by atoms with Crippen LogP contribution < -0.4 is 5.32 Å². The van der Waals surface area contributed by atoms with Crippen LogP contribution in [0, 0.1) is 5.92 Å². The van der Waals surface area contributed by atoms with Gasteiger partial charge in [0.05, 0.1) is 19.1 Å². The smallest absolute Gasteiger partial charge is 0.406 e. The van der Waals surface area contributed by atoms with Crippen molar-refractivity contribution >= 4 is 11.9 Å². The van der Waals surface area contributed by atoms with Crippen LogP contribution in [-0.4, -0.2) is 66.9 Å². The van der Waals surface area contributed by atoms with Crippen LogP contribution in [-0.2, 0) is 14.3 Å². The van der Waals surface area contributed by atoms with E-state index in [2.05, 4.69) is 5.32 Å². The van der Waals surface area contributed by atoms with Crippen molar-refractivity contribution in [3.05, 3.63) is 0 Å². The molecule has 1 aliphatic rings. The molecule has 0 aliphatic carbocycles. The number of hydrogen-bond acceptors (Lipinski definition) is 4. The predicted molar refractivity (Wildman–Crippen MR) is 62.0 cm³/mol. The molecule has 2 unspecified atom stereocenters. The topological polar surface area (TPSA) is 78.9 Å². The Hall–Kier alpha value is -1.35. The monoisotopic (exact) mass is 298 g/mol. The third kappa shape index (κ3) is 4.97. The normalized spacial score (nSPS) is 22.8. The SMILES string of the molecule is CCNC1COCC1C(=O)N(CC(=O)O)CC(F)(F)F. The van der Waals surface area contributed by atoms with Gasteiger partial charge in [0.15, 0.2) is 0 Å². The molecule has 0 spiro atoms. The molecule has 6 nitrogen and oxygen atoms in total. The maximum absolute atomic E-state index is 12.4. The van der Waals surface area contributed by atoms with Gasteiger partial charge in [0.1, 0.15) is 13.1 Å². The molecule has 20 heavy (non-hydrogen) atoms. The van der Waals surface area contributed by atoms with E-state index in [9.17, 15) is 22.8 Å². The van der Waals surface area contributed by atoms with Gasteiger partial charge >= 0.3 is 12.1 Å². The first-order chi connectivity index (χ1) is 9.24. The van der Waals surface area contributed by atoms with E-state index in [1.165, 1.54) is 0 Å². The van der Waals surface area contributed by atoms with Crippen molar-refractivity contribution in [3.8, 4) is 0 Å². The van der Waals surface area contributed by atoms with Crippen LogP contribution >= 0.6 is 0 Å². The van der Waals surface area contributed by atoms with Crippen molar-refractivity contribution in [1.29, 1.82) is 0 Å². The molecule has 0 aromatic rings. The summed E-state index contributed by atoms with van der Waals surface area (Å²) in [5.74, 6) is -3.13. The number of carbonyl (C=O) groups is 2. The lowest BCUT2D eigenvalue weighted by atomic mass is 10.0. The van der Waals surface area contributed by atoms with Crippen molar-refractivity contribution in [3.63, 3.8) is 0 Å². The fourth-order valence-electron chi connectivity index (χ4n) is 2.09. The van der Waals surface area contributed by atoms with E-state index in [-0.39, 0.29) is 13.2 Å². The summed E-state index contributed by atoms with van der Waals surface area (Å²) < 4.78 is 42.3. The van der Waals surface area contributed by atoms with Gasteiger partial charge in [-0.2, -0.15) is 13.2 Å². The molecule has 0 bridgehead atoms. The Labute approximate surface area is 113 Å². The molecule has 0 radical (unpaired) electrons. The number of amides is 1. The van der Waals surface area contributed by atoms with E-state index in [1.807, 2.05) is 0 Å². The maximum atomic E-state index is 12.4. The minimum absolute atomic E-state index is 0.00945. The third-order valence-electron chi connectivity index (χ3n) is 2.87. The Kier molecular flexibility index (Phi) is 5.75. The van der Waals surface area contributed by atoms with Gasteiger partial charge in [-0.3, -0.25) is 9.59 Å². The predicted octanol–water partition coefficient (Wildman–Crippen LogP) is 0.0864. The highest BCUT2D eigenvalue weighted by Crippen LogP contribution is 2.21. The lowest BCUT2D eigenvalue weighted by Crippen LogP contribution is -2.49. The number of likely N-dealkylation sites (N-methyl/N-ethyl adjacent to an activating group) is 1. The lowest BCUT2D eigenvalue weighted by Gasteiger charge is -2.27. The molecule has 0 aromatic carbocycles. The standard InChI is InChI=1S/C11H17F3N2O4/c1-2-15-8-5-20-4-7(8)10(19)16(3-9(17)18)6-11(12,13)14/h7-8,15H,2-6H2,1H3,(H,17,18). The van der Waals surface area contributed by atoms with Crippen LogP contribution in [0.5, 0.6) is 0 Å². The van der Waals surface area contributed by atoms with Gasteiger partial charge in [-0.15, -0.1) is 0 Å². The Morgan fingerprint density at radius 3 is 2.55 bits per heavy atom. The number of nitrogens with zero attached hydrogens (tertiary/aromatic N) is 1. The fraction of sp³-hybridized carbons (Fsp3) is 0.818. The Balaban J connectivity index is 2.78. The molecule has 1 aliphatic heterocycles. The highest BCUT2D eigenvalue weighted by atomic mass is 19.4. The Morgan fingerprint density at radius 1 is 1.40 bits per heavy atom. The lowest BCUT2D eigenvalue weighted by molar-refractivity contribution is -0.168. The minimum atomic E-state index is -4.64. The van der Waals surface area contributed by atoms with Crippen LogP contribution in [0.15, 0.2) is 0 Å². The van der Waals surface area contributed by atoms with Gasteiger partial charge < -0.3 is 20.1 Å². The number of aliphatic carboxylic acids is 1. The van der Waals surface area contributed by atoms with Gasteiger partial charge in [-0.05, 0) is 6.54 Å². The van der Waals surface area contributed by atoms with Crippen LogP contribution in [0.4, 0.5) is 13.2 Å². The average molecular weight is 298 g/mol. The Bertz CT molecular complexity index is 362. The number of halogens is 3. The summed E-state index contributed by atoms with van der Waals surface area (Å²) in [5.41, 5.74) is 0. The summed E-state index contributed by atoms with van der Waals surface area (Å²) in [4.78, 5) is 23.0. The number of carbonyl (C=O) groups excluding carboxylic acids is 1. The number of rotatable bonds is 6. The van der Waals surface area contributed by atoms with E-state index in [0.29, 0.717) is 11.4 Å². The first-order valence-corrected chi connectivity index (χ1v) is 6.13. The summed E-state index contributed by atoms with van der Waals surface area (Å²) in [6, 6.07) is -0.392. The van der Waals surface area contributed by atoms with Crippen LogP contribution in [0.3, 0.4) is 0 Å². The second kappa shape index (κ2) is 6.89. The highest BCUT2D eigenvalue weighted by molar-refractivity contribution is 5.84. The van der Waals surface area contributed by atoms with E-state index < -0.39 is 43.1 Å². The van der Waals surface area contributed by atoms with Crippen molar-refractivity contribution < 1.29 is 32.6 Å². The highest BCUT2D eigenvalue weighted by Gasteiger charge is 2.40. The molecule has 116 valence electrons. The van der Waals surface area contributed by atoms with Crippen molar-refractivity contribution in [2.24, 2.45) is 5.92 Å². The number of carboxylic acids is 1. The summed E-state index contributed by atoms with van der Waals surface area (Å²) in [5, 5.41) is 11.6. The van der Waals surface area contributed by atoms with E-state index in [4.69, 9.17) is 9.84 Å². The van der Waals surface area contributed by atoms with Crippen molar-refractivity contribution in [2.75, 3.05) is 32.8 Å². The molecule has 1 rings (SSSR count). The van der Waals surface area contributed by atoms with Gasteiger partial charge in [0, 0.05) is 6.04 Å². The van der Waals surface area contributed by atoms with E-state index in [0.717, 1.165) is 0 Å². The fourth-order valence-corrected chi connectivity index (χ4v) is 2.09. The van der Waals surface area contributed by atoms with E-state index >= 15 is 0 Å². The van der Waals surface area contributed by atoms with Gasteiger partial charge in [-0.1, -0.05) is 6.92 Å². The quantitative estimate of drug-likeness (QED) is 0.726. The minimum Gasteiger partial charge on any atom is -0.480 e. The first kappa shape index (κ1) is 16.7. The Morgan fingerprint density at radius 2 is 2.05 bits per heavy atom. The zero-order valence-corrected chi connectivity index (χ0v) is 10.9. The van der Waals surface area contributed by atoms with Gasteiger partial charge in [-0.25, -0.2) is 0 Å². The summed E-state index contributed by atoms with van der Waals surface area (Å²) in [7, 11) is 0. The molecule has 1 fully saturated rings. The maximum Gasteiger partial charge on any atom is 0.406 e. The largest absolute Gasteiger partial charge is 0.480 e. The van der Waals surface area contributed by atoms with Gasteiger partial charge in [0.25, 0.3) is 0 Å². The molecular weight excluding hydrogens is 281 g/mol. The number of hydrogen-bond donors (Lipinski definition) is 2. The number of nitrogens with one attached hydrogen (secondary N) is 1. The number of carboxylic acid groups (broad SMARTS) is 1. The second-order valence-electron chi connectivity index (χ2n) is 4.51. The van der Waals surface area contributed by atoms with E-state index in [1.54, 1.807) is 6.92 Å². The molecule has 2 N–H and O–H groups in total. The first-order valence-electron chi connectivity index (χ1n) is 6.13. The zero-order valence-electron chi connectivity index (χ0n) is 10.9. The van der Waals surface area contributed by atoms with Crippen LogP contribution in [0.2, 0.25) is 0 Å². The van der Waals surface area contributed by atoms with Crippen molar-refractivity contribution in [2.45, 2.75) is 19.1 Å². The molecule has 1 saturated heterocycles. The van der Waals surface area contributed by atoms with Crippen LogP contribution in [0.1, 0.15) is 6.92 Å². The molecule has 9 heteroatoms. The summed E-state index contributed by atoms with van der Waals surface area (Å²) >= 11 is 0. The second-order valence-corrected chi connectivity index (χ2v) is 4.51.